The molecule has 2 unspecified atom stereocenters. The largest absolute Gasteiger partial charge is 0.368 e. The average molecular weight is 267 g/mol. The summed E-state index contributed by atoms with van der Waals surface area (Å²) in [7, 11) is 0. The van der Waals surface area contributed by atoms with Gasteiger partial charge in [0.15, 0.2) is 5.82 Å². The van der Waals surface area contributed by atoms with Crippen molar-refractivity contribution in [3.8, 4) is 0 Å². The predicted octanol–water partition coefficient (Wildman–Crippen LogP) is 1.44. The lowest BCUT2D eigenvalue weighted by molar-refractivity contribution is -0.0179. The van der Waals surface area contributed by atoms with Crippen molar-refractivity contribution in [1.29, 1.82) is 0 Å². The minimum absolute atomic E-state index is 0.173. The van der Waals surface area contributed by atoms with Crippen LogP contribution in [0.25, 0.3) is 0 Å². The molecule has 19 heavy (non-hydrogen) atoms. The van der Waals surface area contributed by atoms with Crippen LogP contribution >= 0.6 is 0 Å². The SMILES string of the molecule is CC1C(N)CCCN1c1n[nH]c(COC(C)(C)C)n1. The Morgan fingerprint density at radius 3 is 2.89 bits per heavy atom. The maximum Gasteiger partial charge on any atom is 0.245 e. The molecule has 0 amide bonds. The number of H-pyrrole nitrogens is 1. The second-order valence-corrected chi connectivity index (χ2v) is 6.22. The molecule has 6 nitrogen and oxygen atoms in total. The van der Waals surface area contributed by atoms with Gasteiger partial charge in [-0.05, 0) is 40.5 Å². The van der Waals surface area contributed by atoms with E-state index in [4.69, 9.17) is 10.5 Å². The van der Waals surface area contributed by atoms with Crippen LogP contribution in [-0.2, 0) is 11.3 Å². The van der Waals surface area contributed by atoms with Crippen molar-refractivity contribution in [2.75, 3.05) is 11.4 Å². The van der Waals surface area contributed by atoms with Gasteiger partial charge in [0.2, 0.25) is 5.95 Å². The third-order valence-corrected chi connectivity index (χ3v) is 3.47. The van der Waals surface area contributed by atoms with Crippen LogP contribution in [0.4, 0.5) is 5.95 Å². The molecule has 1 aliphatic heterocycles. The number of ether oxygens (including phenoxy) is 1. The first-order valence-electron chi connectivity index (χ1n) is 6.94. The van der Waals surface area contributed by atoms with Gasteiger partial charge in [0, 0.05) is 18.6 Å². The molecule has 108 valence electrons. The van der Waals surface area contributed by atoms with Crippen LogP contribution in [0.15, 0.2) is 0 Å². The van der Waals surface area contributed by atoms with Crippen molar-refractivity contribution in [1.82, 2.24) is 15.2 Å². The summed E-state index contributed by atoms with van der Waals surface area (Å²) in [6.45, 7) is 9.62. The van der Waals surface area contributed by atoms with Gasteiger partial charge >= 0.3 is 0 Å². The van der Waals surface area contributed by atoms with Crippen molar-refractivity contribution in [3.63, 3.8) is 0 Å². The zero-order valence-corrected chi connectivity index (χ0v) is 12.3. The van der Waals surface area contributed by atoms with Crippen LogP contribution in [0.1, 0.15) is 46.4 Å². The Bertz CT molecular complexity index is 411. The van der Waals surface area contributed by atoms with Crippen LogP contribution in [-0.4, -0.2) is 39.4 Å². The van der Waals surface area contributed by atoms with E-state index in [1.807, 2.05) is 20.8 Å². The maximum atomic E-state index is 6.10. The van der Waals surface area contributed by atoms with Crippen LogP contribution in [0.5, 0.6) is 0 Å². The summed E-state index contributed by atoms with van der Waals surface area (Å²) in [5, 5.41) is 7.22. The number of rotatable bonds is 3. The van der Waals surface area contributed by atoms with Gasteiger partial charge in [0.25, 0.3) is 0 Å². The van der Waals surface area contributed by atoms with E-state index in [2.05, 4.69) is 27.0 Å². The Labute approximate surface area is 114 Å². The van der Waals surface area contributed by atoms with Crippen LogP contribution in [0, 0.1) is 0 Å². The summed E-state index contributed by atoms with van der Waals surface area (Å²) in [6.07, 6.45) is 2.16. The van der Waals surface area contributed by atoms with E-state index >= 15 is 0 Å². The molecular weight excluding hydrogens is 242 g/mol. The highest BCUT2D eigenvalue weighted by molar-refractivity contribution is 5.32. The number of aromatic amines is 1. The summed E-state index contributed by atoms with van der Waals surface area (Å²) < 4.78 is 5.69. The van der Waals surface area contributed by atoms with Crippen molar-refractivity contribution in [2.45, 2.75) is 64.8 Å². The van der Waals surface area contributed by atoms with Crippen molar-refractivity contribution >= 4 is 5.95 Å². The fourth-order valence-corrected chi connectivity index (χ4v) is 2.22. The lowest BCUT2D eigenvalue weighted by Crippen LogP contribution is -2.51. The quantitative estimate of drug-likeness (QED) is 0.866. The Balaban J connectivity index is 2.00. The zero-order chi connectivity index (χ0) is 14.0. The van der Waals surface area contributed by atoms with E-state index in [0.717, 1.165) is 31.2 Å². The number of piperidine rings is 1. The lowest BCUT2D eigenvalue weighted by Gasteiger charge is -2.36. The molecule has 0 spiro atoms. The Hall–Kier alpha value is -1.14. The van der Waals surface area contributed by atoms with E-state index < -0.39 is 0 Å². The van der Waals surface area contributed by atoms with Gasteiger partial charge in [-0.3, -0.25) is 5.10 Å². The van der Waals surface area contributed by atoms with E-state index in [1.54, 1.807) is 0 Å². The van der Waals surface area contributed by atoms with Crippen molar-refractivity contribution in [3.05, 3.63) is 5.82 Å². The molecule has 6 heteroatoms. The first-order valence-corrected chi connectivity index (χ1v) is 6.94. The summed E-state index contributed by atoms with van der Waals surface area (Å²) in [5.41, 5.74) is 5.92. The van der Waals surface area contributed by atoms with Crippen LogP contribution in [0.3, 0.4) is 0 Å². The topological polar surface area (TPSA) is 80.1 Å². The molecule has 3 N–H and O–H groups in total. The molecule has 0 saturated carbocycles. The summed E-state index contributed by atoms with van der Waals surface area (Å²) in [5.74, 6) is 1.49. The van der Waals surface area contributed by atoms with Gasteiger partial charge in [-0.25, -0.2) is 0 Å². The van der Waals surface area contributed by atoms with E-state index in [9.17, 15) is 0 Å². The smallest absolute Gasteiger partial charge is 0.245 e. The van der Waals surface area contributed by atoms with Gasteiger partial charge in [-0.2, -0.15) is 4.98 Å². The minimum atomic E-state index is -0.173. The van der Waals surface area contributed by atoms with E-state index in [-0.39, 0.29) is 17.7 Å². The molecule has 1 aromatic heterocycles. The molecule has 0 aromatic carbocycles. The predicted molar refractivity (Wildman–Crippen MR) is 74.9 cm³/mol. The number of hydrogen-bond acceptors (Lipinski definition) is 5. The molecule has 2 heterocycles. The summed E-state index contributed by atoms with van der Waals surface area (Å²) in [4.78, 5) is 6.67. The Morgan fingerprint density at radius 1 is 1.47 bits per heavy atom. The van der Waals surface area contributed by atoms with Gasteiger partial charge in [-0.15, -0.1) is 5.10 Å². The van der Waals surface area contributed by atoms with Crippen LogP contribution in [0.2, 0.25) is 0 Å². The number of aromatic nitrogens is 3. The Kier molecular flexibility index (Phi) is 4.10. The third-order valence-electron chi connectivity index (χ3n) is 3.47. The summed E-state index contributed by atoms with van der Waals surface area (Å²) in [6, 6.07) is 0.474. The lowest BCUT2D eigenvalue weighted by atomic mass is 9.99. The normalized spacial score (nSPS) is 24.8. The number of anilines is 1. The molecule has 0 aliphatic carbocycles. The first kappa shape index (κ1) is 14.3. The van der Waals surface area contributed by atoms with Crippen LogP contribution < -0.4 is 10.6 Å². The summed E-state index contributed by atoms with van der Waals surface area (Å²) >= 11 is 0. The second kappa shape index (κ2) is 5.46. The molecular formula is C13H25N5O. The molecule has 0 bridgehead atoms. The van der Waals surface area contributed by atoms with Crippen molar-refractivity contribution in [2.24, 2.45) is 5.73 Å². The molecule has 1 aliphatic rings. The average Bonchev–Trinajstić information content (AvgIpc) is 2.78. The molecule has 1 aromatic rings. The second-order valence-electron chi connectivity index (χ2n) is 6.22. The fourth-order valence-electron chi connectivity index (χ4n) is 2.22. The molecule has 1 saturated heterocycles. The first-order chi connectivity index (χ1) is 8.87. The van der Waals surface area contributed by atoms with Gasteiger partial charge < -0.3 is 15.4 Å². The standard InChI is InChI=1S/C13H25N5O/c1-9-10(14)6-5-7-18(9)12-15-11(16-17-12)8-19-13(2,3)4/h9-10H,5-8,14H2,1-4H3,(H,15,16,17). The zero-order valence-electron chi connectivity index (χ0n) is 12.3. The molecule has 1 fully saturated rings. The molecule has 0 radical (unpaired) electrons. The van der Waals surface area contributed by atoms with E-state index in [1.165, 1.54) is 0 Å². The highest BCUT2D eigenvalue weighted by atomic mass is 16.5. The van der Waals surface area contributed by atoms with Gasteiger partial charge in [-0.1, -0.05) is 0 Å². The third kappa shape index (κ3) is 3.67. The maximum absolute atomic E-state index is 6.10. The Morgan fingerprint density at radius 2 is 2.21 bits per heavy atom. The number of nitrogens with one attached hydrogen (secondary N) is 1. The van der Waals surface area contributed by atoms with E-state index in [0.29, 0.717) is 6.61 Å². The van der Waals surface area contributed by atoms with Crippen molar-refractivity contribution < 1.29 is 4.74 Å². The van der Waals surface area contributed by atoms with Gasteiger partial charge in [0.05, 0.1) is 5.60 Å². The number of hydrogen-bond donors (Lipinski definition) is 2. The molecule has 2 rings (SSSR count). The highest BCUT2D eigenvalue weighted by Crippen LogP contribution is 2.21. The number of nitrogens with zero attached hydrogens (tertiary/aromatic N) is 3. The number of nitrogens with two attached hydrogens (primary N) is 1. The fraction of sp³-hybridized carbons (Fsp3) is 0.846. The minimum Gasteiger partial charge on any atom is -0.368 e. The molecule has 2 atom stereocenters. The van der Waals surface area contributed by atoms with Gasteiger partial charge in [0.1, 0.15) is 6.61 Å². The highest BCUT2D eigenvalue weighted by Gasteiger charge is 2.27. The monoisotopic (exact) mass is 267 g/mol.